The van der Waals surface area contributed by atoms with Crippen LogP contribution in [0.5, 0.6) is 0 Å². The number of aryl methyl sites for hydroxylation is 1. The molecule has 1 saturated carbocycles. The van der Waals surface area contributed by atoms with Crippen molar-refractivity contribution >= 4 is 35.1 Å². The topological polar surface area (TPSA) is 17.3 Å². The van der Waals surface area contributed by atoms with Crippen molar-refractivity contribution in [1.82, 2.24) is 4.57 Å². The molecule has 0 spiro atoms. The van der Waals surface area contributed by atoms with E-state index in [0.29, 0.717) is 16.1 Å². The summed E-state index contributed by atoms with van der Waals surface area (Å²) >= 11 is 12.0. The van der Waals surface area contributed by atoms with Crippen LogP contribution in [0, 0.1) is 13.8 Å². The van der Waals surface area contributed by atoms with Gasteiger partial charge in [0, 0.05) is 29.2 Å². The van der Waals surface area contributed by atoms with E-state index in [4.69, 9.17) is 23.2 Å². The first-order valence-electron chi connectivity index (χ1n) is 8.24. The minimum atomic E-state index is 0.536. The predicted molar refractivity (Wildman–Crippen MR) is 99.7 cm³/mol. The third kappa shape index (κ3) is 3.64. The predicted octanol–water partition coefficient (Wildman–Crippen LogP) is 6.67. The molecule has 2 nitrogen and oxygen atoms in total. The lowest BCUT2D eigenvalue weighted by Gasteiger charge is -2.26. The number of aliphatic imine (C=N–C) groups is 1. The zero-order chi connectivity index (χ0) is 16.4. The molecule has 0 N–H and O–H groups in total. The molecule has 0 saturated heterocycles. The molecule has 0 bridgehead atoms. The lowest BCUT2D eigenvalue weighted by molar-refractivity contribution is 0.346. The average Bonchev–Trinajstić information content (AvgIpc) is 2.83. The zero-order valence-corrected chi connectivity index (χ0v) is 15.2. The largest absolute Gasteiger partial charge is 0.345 e. The molecule has 1 aliphatic rings. The molecule has 1 fully saturated rings. The van der Waals surface area contributed by atoms with Crippen LogP contribution in [0.3, 0.4) is 0 Å². The van der Waals surface area contributed by atoms with Gasteiger partial charge in [0.05, 0.1) is 15.7 Å². The summed E-state index contributed by atoms with van der Waals surface area (Å²) in [6, 6.07) is 8.33. The fraction of sp³-hybridized carbons (Fsp3) is 0.421. The Morgan fingerprint density at radius 2 is 1.78 bits per heavy atom. The first-order chi connectivity index (χ1) is 11.1. The highest BCUT2D eigenvalue weighted by molar-refractivity contribution is 6.42. The Bertz CT molecular complexity index is 725. The van der Waals surface area contributed by atoms with Crippen LogP contribution in [0.1, 0.15) is 55.1 Å². The van der Waals surface area contributed by atoms with Crippen molar-refractivity contribution in [2.75, 3.05) is 0 Å². The van der Waals surface area contributed by atoms with E-state index in [-0.39, 0.29) is 0 Å². The van der Waals surface area contributed by atoms with Crippen molar-refractivity contribution in [3.8, 4) is 0 Å². The summed E-state index contributed by atoms with van der Waals surface area (Å²) < 4.78 is 2.50. The van der Waals surface area contributed by atoms with Crippen molar-refractivity contribution in [2.24, 2.45) is 4.99 Å². The maximum Gasteiger partial charge on any atom is 0.0645 e. The molecule has 0 radical (unpaired) electrons. The second-order valence-corrected chi connectivity index (χ2v) is 7.16. The minimum absolute atomic E-state index is 0.536. The number of hydrogen-bond acceptors (Lipinski definition) is 1. The molecule has 0 aliphatic heterocycles. The van der Waals surface area contributed by atoms with Crippen molar-refractivity contribution in [3.63, 3.8) is 0 Å². The normalized spacial score (nSPS) is 16.3. The summed E-state index contributed by atoms with van der Waals surface area (Å²) in [6.07, 6.45) is 8.57. The van der Waals surface area contributed by atoms with Crippen LogP contribution in [-0.2, 0) is 0 Å². The van der Waals surface area contributed by atoms with Gasteiger partial charge in [-0.25, -0.2) is 0 Å². The summed E-state index contributed by atoms with van der Waals surface area (Å²) in [5.74, 6) is 0. The summed E-state index contributed by atoms with van der Waals surface area (Å²) in [6.45, 7) is 4.38. The van der Waals surface area contributed by atoms with Crippen molar-refractivity contribution in [1.29, 1.82) is 0 Å². The summed E-state index contributed by atoms with van der Waals surface area (Å²) in [5.41, 5.74) is 4.63. The van der Waals surface area contributed by atoms with Gasteiger partial charge >= 0.3 is 0 Å². The quantitative estimate of drug-likeness (QED) is 0.551. The standard InChI is InChI=1S/C19H22Cl2N2/c1-13-10-15(12-22-16-8-9-18(20)19(21)11-16)14(2)23(13)17-6-4-3-5-7-17/h8-12,17H,3-7H2,1-2H3. The lowest BCUT2D eigenvalue weighted by Crippen LogP contribution is -2.15. The minimum Gasteiger partial charge on any atom is -0.345 e. The van der Waals surface area contributed by atoms with E-state index in [2.05, 4.69) is 29.5 Å². The average molecular weight is 349 g/mol. The van der Waals surface area contributed by atoms with Gasteiger partial charge in [0.2, 0.25) is 0 Å². The van der Waals surface area contributed by atoms with E-state index in [1.165, 1.54) is 49.1 Å². The zero-order valence-electron chi connectivity index (χ0n) is 13.6. The molecule has 2 aromatic rings. The highest BCUT2D eigenvalue weighted by atomic mass is 35.5. The van der Waals surface area contributed by atoms with Gasteiger partial charge in [0.1, 0.15) is 0 Å². The molecular formula is C19H22Cl2N2. The van der Waals surface area contributed by atoms with Gasteiger partial charge in [0.25, 0.3) is 0 Å². The summed E-state index contributed by atoms with van der Waals surface area (Å²) in [5, 5.41) is 1.09. The lowest BCUT2D eigenvalue weighted by atomic mass is 9.95. The Morgan fingerprint density at radius 3 is 2.48 bits per heavy atom. The van der Waals surface area contributed by atoms with E-state index < -0.39 is 0 Å². The second-order valence-electron chi connectivity index (χ2n) is 6.34. The SMILES string of the molecule is Cc1cc(C=Nc2ccc(Cl)c(Cl)c2)c(C)n1C1CCCCC1. The number of rotatable bonds is 3. The summed E-state index contributed by atoms with van der Waals surface area (Å²) in [7, 11) is 0. The molecule has 122 valence electrons. The van der Waals surface area contributed by atoms with E-state index in [1.54, 1.807) is 12.1 Å². The number of nitrogens with zero attached hydrogens (tertiary/aromatic N) is 2. The van der Waals surface area contributed by atoms with Crippen molar-refractivity contribution < 1.29 is 0 Å². The van der Waals surface area contributed by atoms with Crippen LogP contribution < -0.4 is 0 Å². The molecule has 1 aromatic carbocycles. The molecule has 1 heterocycles. The maximum atomic E-state index is 6.05. The maximum absolute atomic E-state index is 6.05. The number of hydrogen-bond donors (Lipinski definition) is 0. The van der Waals surface area contributed by atoms with Gasteiger partial charge in [-0.1, -0.05) is 42.5 Å². The Labute approximate surface area is 148 Å². The molecule has 3 rings (SSSR count). The molecule has 23 heavy (non-hydrogen) atoms. The van der Waals surface area contributed by atoms with Gasteiger partial charge in [-0.05, 0) is 51.0 Å². The molecule has 0 unspecified atom stereocenters. The van der Waals surface area contributed by atoms with Crippen LogP contribution in [0.25, 0.3) is 0 Å². The van der Waals surface area contributed by atoms with Crippen molar-refractivity contribution in [3.05, 3.63) is 51.3 Å². The fourth-order valence-electron chi connectivity index (χ4n) is 3.54. The molecule has 4 heteroatoms. The van der Waals surface area contributed by atoms with Crippen molar-refractivity contribution in [2.45, 2.75) is 52.0 Å². The van der Waals surface area contributed by atoms with E-state index >= 15 is 0 Å². The van der Waals surface area contributed by atoms with Crippen LogP contribution >= 0.6 is 23.2 Å². The monoisotopic (exact) mass is 348 g/mol. The van der Waals surface area contributed by atoms with Crippen LogP contribution in [-0.4, -0.2) is 10.8 Å². The molecule has 0 atom stereocenters. The molecule has 0 amide bonds. The molecule has 1 aromatic heterocycles. The van der Waals surface area contributed by atoms with Gasteiger partial charge in [-0.3, -0.25) is 4.99 Å². The second kappa shape index (κ2) is 7.11. The number of aromatic nitrogens is 1. The van der Waals surface area contributed by atoms with E-state index in [0.717, 1.165) is 5.69 Å². The first kappa shape index (κ1) is 16.6. The Balaban J connectivity index is 1.85. The van der Waals surface area contributed by atoms with Crippen LogP contribution in [0.15, 0.2) is 29.3 Å². The molecule has 1 aliphatic carbocycles. The van der Waals surface area contributed by atoms with Gasteiger partial charge in [0.15, 0.2) is 0 Å². The third-order valence-corrected chi connectivity index (χ3v) is 5.46. The highest BCUT2D eigenvalue weighted by Crippen LogP contribution is 2.32. The smallest absolute Gasteiger partial charge is 0.0645 e. The first-order valence-corrected chi connectivity index (χ1v) is 8.99. The summed E-state index contributed by atoms with van der Waals surface area (Å²) in [4.78, 5) is 4.56. The third-order valence-electron chi connectivity index (χ3n) is 4.72. The Kier molecular flexibility index (Phi) is 5.13. The van der Waals surface area contributed by atoms with E-state index in [1.807, 2.05) is 12.3 Å². The molecular weight excluding hydrogens is 327 g/mol. The number of benzene rings is 1. The number of halogens is 2. The van der Waals surface area contributed by atoms with Gasteiger partial charge in [-0.2, -0.15) is 0 Å². The van der Waals surface area contributed by atoms with Crippen LogP contribution in [0.2, 0.25) is 10.0 Å². The highest BCUT2D eigenvalue weighted by Gasteiger charge is 2.19. The van der Waals surface area contributed by atoms with Crippen LogP contribution in [0.4, 0.5) is 5.69 Å². The Morgan fingerprint density at radius 1 is 1.04 bits per heavy atom. The van der Waals surface area contributed by atoms with E-state index in [9.17, 15) is 0 Å². The van der Waals surface area contributed by atoms with Gasteiger partial charge < -0.3 is 4.57 Å². The fourth-order valence-corrected chi connectivity index (χ4v) is 3.84. The van der Waals surface area contributed by atoms with Gasteiger partial charge in [-0.15, -0.1) is 0 Å². The Hall–Kier alpha value is -1.25.